The second-order valence-corrected chi connectivity index (χ2v) is 7.92. The van der Waals surface area contributed by atoms with Crippen LogP contribution in [0.3, 0.4) is 0 Å². The average Bonchev–Trinajstić information content (AvgIpc) is 3.34. The highest BCUT2D eigenvalue weighted by Crippen LogP contribution is 2.35. The molecule has 26 heavy (non-hydrogen) atoms. The van der Waals surface area contributed by atoms with E-state index in [0.717, 1.165) is 37.6 Å². The number of hydrogen-bond acceptors (Lipinski definition) is 4. The fourth-order valence-electron chi connectivity index (χ4n) is 4.50. The zero-order chi connectivity index (χ0) is 17.9. The molecule has 0 bridgehead atoms. The number of aromatic nitrogens is 3. The van der Waals surface area contributed by atoms with E-state index in [0.29, 0.717) is 12.0 Å². The maximum Gasteiger partial charge on any atom is 0.154 e. The Bertz CT molecular complexity index is 696. The van der Waals surface area contributed by atoms with Gasteiger partial charge in [-0.25, -0.2) is 9.67 Å². The van der Waals surface area contributed by atoms with Crippen LogP contribution >= 0.6 is 0 Å². The first-order valence-electron chi connectivity index (χ1n) is 10.1. The Balaban J connectivity index is 1.70. The lowest BCUT2D eigenvalue weighted by Gasteiger charge is -2.30. The number of piperidine rings is 1. The highest BCUT2D eigenvalue weighted by Gasteiger charge is 2.30. The molecule has 4 rings (SSSR count). The summed E-state index contributed by atoms with van der Waals surface area (Å²) < 4.78 is 2.27. The van der Waals surface area contributed by atoms with Crippen LogP contribution in [0, 0.1) is 0 Å². The Morgan fingerprint density at radius 3 is 2.38 bits per heavy atom. The molecule has 5 nitrogen and oxygen atoms in total. The Hall–Kier alpha value is -1.72. The fraction of sp³-hybridized carbons (Fsp3) is 0.619. The lowest BCUT2D eigenvalue weighted by molar-refractivity contribution is 0.207. The maximum atomic E-state index is 5.11. The molecule has 1 aromatic carbocycles. The molecule has 1 saturated heterocycles. The predicted molar refractivity (Wildman–Crippen MR) is 104 cm³/mol. The standard InChI is InChI=1S/C21H31N5/c1-22-19(16-8-4-3-5-9-16)21-23-20(17-10-6-7-11-17)24-26(21)18-12-14-25(2)15-13-18/h3-5,8-9,17-19,22H,6-7,10-15H2,1-2H3/t19-/m0/s1. The van der Waals surface area contributed by atoms with Crippen LogP contribution in [0.25, 0.3) is 0 Å². The van der Waals surface area contributed by atoms with Gasteiger partial charge in [0.05, 0.1) is 12.1 Å². The van der Waals surface area contributed by atoms with Crippen molar-refractivity contribution in [2.75, 3.05) is 27.2 Å². The van der Waals surface area contributed by atoms with Crippen LogP contribution in [0.1, 0.15) is 73.7 Å². The molecule has 2 aromatic rings. The van der Waals surface area contributed by atoms with Gasteiger partial charge in [0.15, 0.2) is 5.82 Å². The Morgan fingerprint density at radius 2 is 1.73 bits per heavy atom. The first-order valence-corrected chi connectivity index (χ1v) is 10.1. The number of nitrogens with one attached hydrogen (secondary N) is 1. The molecule has 1 aliphatic heterocycles. The topological polar surface area (TPSA) is 46.0 Å². The van der Waals surface area contributed by atoms with Crippen LogP contribution in [-0.2, 0) is 0 Å². The second kappa shape index (κ2) is 7.89. The molecule has 1 aromatic heterocycles. The van der Waals surface area contributed by atoms with E-state index >= 15 is 0 Å². The van der Waals surface area contributed by atoms with Crippen molar-refractivity contribution in [3.63, 3.8) is 0 Å². The van der Waals surface area contributed by atoms with Crippen LogP contribution in [0.4, 0.5) is 0 Å². The van der Waals surface area contributed by atoms with E-state index in [1.165, 1.54) is 31.2 Å². The van der Waals surface area contributed by atoms with Crippen LogP contribution in [0.5, 0.6) is 0 Å². The molecule has 1 aliphatic carbocycles. The lowest BCUT2D eigenvalue weighted by atomic mass is 10.0. The van der Waals surface area contributed by atoms with Gasteiger partial charge >= 0.3 is 0 Å². The summed E-state index contributed by atoms with van der Waals surface area (Å²) in [6.45, 7) is 2.27. The summed E-state index contributed by atoms with van der Waals surface area (Å²) in [5, 5.41) is 8.58. The summed E-state index contributed by atoms with van der Waals surface area (Å²) in [7, 11) is 4.24. The van der Waals surface area contributed by atoms with Crippen molar-refractivity contribution < 1.29 is 0 Å². The summed E-state index contributed by atoms with van der Waals surface area (Å²) in [4.78, 5) is 7.52. The van der Waals surface area contributed by atoms with Crippen molar-refractivity contribution >= 4 is 0 Å². The number of benzene rings is 1. The SMILES string of the molecule is CN[C@@H](c1ccccc1)c1nc(C2CCCC2)nn1C1CCN(C)CC1. The van der Waals surface area contributed by atoms with Crippen molar-refractivity contribution in [2.45, 2.75) is 56.5 Å². The Labute approximate surface area is 156 Å². The monoisotopic (exact) mass is 353 g/mol. The molecule has 2 fully saturated rings. The van der Waals surface area contributed by atoms with Crippen molar-refractivity contribution in [3.8, 4) is 0 Å². The van der Waals surface area contributed by atoms with Gasteiger partial charge in [-0.2, -0.15) is 5.10 Å². The van der Waals surface area contributed by atoms with Gasteiger partial charge in [-0.05, 0) is 58.4 Å². The summed E-state index contributed by atoms with van der Waals surface area (Å²) in [5.41, 5.74) is 1.26. The zero-order valence-electron chi connectivity index (χ0n) is 16.1. The minimum Gasteiger partial charge on any atom is -0.307 e. The molecular formula is C21H31N5. The molecule has 140 valence electrons. The van der Waals surface area contributed by atoms with Crippen molar-refractivity contribution in [2.24, 2.45) is 0 Å². The lowest BCUT2D eigenvalue weighted by Crippen LogP contribution is -2.33. The average molecular weight is 354 g/mol. The molecule has 0 radical (unpaired) electrons. The number of rotatable bonds is 5. The molecule has 2 heterocycles. The van der Waals surface area contributed by atoms with Crippen LogP contribution < -0.4 is 5.32 Å². The highest BCUT2D eigenvalue weighted by molar-refractivity contribution is 5.25. The number of nitrogens with zero attached hydrogens (tertiary/aromatic N) is 4. The molecule has 1 N–H and O–H groups in total. The predicted octanol–water partition coefficient (Wildman–Crippen LogP) is 3.51. The first kappa shape index (κ1) is 17.7. The molecule has 0 unspecified atom stereocenters. The minimum atomic E-state index is 0.0958. The van der Waals surface area contributed by atoms with Crippen LogP contribution in [0.15, 0.2) is 30.3 Å². The van der Waals surface area contributed by atoms with Crippen LogP contribution in [-0.4, -0.2) is 46.8 Å². The van der Waals surface area contributed by atoms with Gasteiger partial charge in [-0.1, -0.05) is 43.2 Å². The van der Waals surface area contributed by atoms with Gasteiger partial charge in [0.1, 0.15) is 5.82 Å². The van der Waals surface area contributed by atoms with E-state index in [1.807, 2.05) is 7.05 Å². The van der Waals surface area contributed by atoms with E-state index in [1.54, 1.807) is 0 Å². The van der Waals surface area contributed by atoms with E-state index < -0.39 is 0 Å². The van der Waals surface area contributed by atoms with Gasteiger partial charge < -0.3 is 10.2 Å². The smallest absolute Gasteiger partial charge is 0.154 e. The maximum absolute atomic E-state index is 5.11. The number of likely N-dealkylation sites (tertiary alicyclic amines) is 1. The van der Waals surface area contributed by atoms with Crippen molar-refractivity contribution in [3.05, 3.63) is 47.5 Å². The van der Waals surface area contributed by atoms with Gasteiger partial charge in [-0.3, -0.25) is 0 Å². The molecule has 5 heteroatoms. The Morgan fingerprint density at radius 1 is 1.04 bits per heavy atom. The third kappa shape index (κ3) is 3.55. The fourth-order valence-corrected chi connectivity index (χ4v) is 4.50. The van der Waals surface area contributed by atoms with E-state index in [2.05, 4.69) is 52.3 Å². The Kier molecular flexibility index (Phi) is 5.36. The first-order chi connectivity index (χ1) is 12.8. The van der Waals surface area contributed by atoms with Crippen LogP contribution in [0.2, 0.25) is 0 Å². The summed E-state index contributed by atoms with van der Waals surface area (Å²) >= 11 is 0. The quantitative estimate of drug-likeness (QED) is 0.893. The summed E-state index contributed by atoms with van der Waals surface area (Å²) in [6, 6.07) is 11.2. The highest BCUT2D eigenvalue weighted by atomic mass is 15.4. The molecule has 0 amide bonds. The van der Waals surface area contributed by atoms with Crippen molar-refractivity contribution in [1.29, 1.82) is 0 Å². The molecule has 0 spiro atoms. The minimum absolute atomic E-state index is 0.0958. The molecule has 1 atom stereocenters. The van der Waals surface area contributed by atoms with Gasteiger partial charge in [-0.15, -0.1) is 0 Å². The van der Waals surface area contributed by atoms with E-state index in [4.69, 9.17) is 10.1 Å². The van der Waals surface area contributed by atoms with Gasteiger partial charge in [0.25, 0.3) is 0 Å². The number of hydrogen-bond donors (Lipinski definition) is 1. The second-order valence-electron chi connectivity index (χ2n) is 7.92. The molecular weight excluding hydrogens is 322 g/mol. The van der Waals surface area contributed by atoms with Gasteiger partial charge in [0.2, 0.25) is 0 Å². The third-order valence-corrected chi connectivity index (χ3v) is 6.11. The normalized spacial score (nSPS) is 21.3. The molecule has 1 saturated carbocycles. The zero-order valence-corrected chi connectivity index (χ0v) is 16.1. The largest absolute Gasteiger partial charge is 0.307 e. The molecule has 2 aliphatic rings. The summed E-state index contributed by atoms with van der Waals surface area (Å²) in [5.74, 6) is 2.72. The van der Waals surface area contributed by atoms with Crippen molar-refractivity contribution in [1.82, 2.24) is 25.0 Å². The van der Waals surface area contributed by atoms with E-state index in [9.17, 15) is 0 Å². The summed E-state index contributed by atoms with van der Waals surface area (Å²) in [6.07, 6.45) is 7.43. The van der Waals surface area contributed by atoms with E-state index in [-0.39, 0.29) is 6.04 Å². The van der Waals surface area contributed by atoms with Gasteiger partial charge in [0, 0.05) is 5.92 Å². The third-order valence-electron chi connectivity index (χ3n) is 6.11.